The molecule has 0 aliphatic carbocycles. The Morgan fingerprint density at radius 1 is 1.30 bits per heavy atom. The van der Waals surface area contributed by atoms with Crippen LogP contribution in [-0.2, 0) is 4.79 Å². The van der Waals surface area contributed by atoms with E-state index in [9.17, 15) is 4.79 Å². The highest BCUT2D eigenvalue weighted by molar-refractivity contribution is 6.30. The molecule has 0 radical (unpaired) electrons. The molecule has 1 unspecified atom stereocenters. The predicted molar refractivity (Wildman–Crippen MR) is 80.8 cm³/mol. The van der Waals surface area contributed by atoms with E-state index in [-0.39, 0.29) is 6.42 Å². The van der Waals surface area contributed by atoms with E-state index in [4.69, 9.17) is 22.4 Å². The normalized spacial score (nSPS) is 12.2. The molecule has 0 amide bonds. The van der Waals surface area contributed by atoms with E-state index in [0.29, 0.717) is 5.02 Å². The third-order valence-electron chi connectivity index (χ3n) is 3.22. The summed E-state index contributed by atoms with van der Waals surface area (Å²) < 4.78 is 0. The number of rotatable bonds is 4. The number of hydrogen-bond donors (Lipinski definition) is 2. The number of carboxylic acid groups (broad SMARTS) is 1. The predicted octanol–water partition coefficient (Wildman–Crippen LogP) is 3.79. The van der Waals surface area contributed by atoms with Crippen molar-refractivity contribution < 1.29 is 9.90 Å². The molecule has 3 N–H and O–H groups in total. The summed E-state index contributed by atoms with van der Waals surface area (Å²) in [7, 11) is 0. The smallest absolute Gasteiger partial charge is 0.305 e. The Morgan fingerprint density at radius 3 is 2.70 bits per heavy atom. The number of aliphatic carboxylic acids is 1. The molecule has 2 aromatic rings. The number of halogens is 1. The molecule has 20 heavy (non-hydrogen) atoms. The molecule has 0 heterocycles. The van der Waals surface area contributed by atoms with Crippen molar-refractivity contribution in [2.75, 3.05) is 0 Å². The van der Waals surface area contributed by atoms with Crippen molar-refractivity contribution in [3.05, 3.63) is 58.6 Å². The molecule has 0 fully saturated rings. The van der Waals surface area contributed by atoms with Gasteiger partial charge >= 0.3 is 5.97 Å². The van der Waals surface area contributed by atoms with Crippen molar-refractivity contribution in [2.24, 2.45) is 5.73 Å². The molecule has 0 spiro atoms. The molecule has 0 saturated carbocycles. The topological polar surface area (TPSA) is 63.3 Å². The van der Waals surface area contributed by atoms with Gasteiger partial charge in [0, 0.05) is 11.1 Å². The minimum absolute atomic E-state index is 0.0853. The van der Waals surface area contributed by atoms with E-state index in [1.54, 1.807) is 0 Å². The number of hydrogen-bond acceptors (Lipinski definition) is 2. The van der Waals surface area contributed by atoms with Crippen molar-refractivity contribution in [2.45, 2.75) is 19.4 Å². The van der Waals surface area contributed by atoms with Gasteiger partial charge in [0.1, 0.15) is 0 Å². The second-order valence-electron chi connectivity index (χ2n) is 4.79. The Morgan fingerprint density at radius 2 is 2.05 bits per heavy atom. The van der Waals surface area contributed by atoms with Gasteiger partial charge in [0.25, 0.3) is 0 Å². The van der Waals surface area contributed by atoms with Crippen LogP contribution in [0.4, 0.5) is 0 Å². The fourth-order valence-electron chi connectivity index (χ4n) is 2.14. The largest absolute Gasteiger partial charge is 0.481 e. The lowest BCUT2D eigenvalue weighted by Crippen LogP contribution is -2.15. The first-order chi connectivity index (χ1) is 9.47. The molecule has 0 aromatic heterocycles. The Kier molecular flexibility index (Phi) is 4.42. The Labute approximate surface area is 123 Å². The quantitative estimate of drug-likeness (QED) is 0.900. The number of aryl methyl sites for hydroxylation is 1. The first-order valence-electron chi connectivity index (χ1n) is 6.31. The van der Waals surface area contributed by atoms with Gasteiger partial charge in [0.2, 0.25) is 0 Å². The molecule has 104 valence electrons. The highest BCUT2D eigenvalue weighted by Crippen LogP contribution is 2.28. The van der Waals surface area contributed by atoms with Crippen molar-refractivity contribution in [3.63, 3.8) is 0 Å². The summed E-state index contributed by atoms with van der Waals surface area (Å²) in [4.78, 5) is 10.8. The van der Waals surface area contributed by atoms with Crippen LogP contribution in [0.5, 0.6) is 0 Å². The van der Waals surface area contributed by atoms with Crippen LogP contribution in [0.25, 0.3) is 11.1 Å². The summed E-state index contributed by atoms with van der Waals surface area (Å²) in [6.45, 7) is 2.00. The molecule has 0 saturated heterocycles. The van der Waals surface area contributed by atoms with Gasteiger partial charge in [-0.1, -0.05) is 35.9 Å². The molecule has 2 aromatic carbocycles. The van der Waals surface area contributed by atoms with Gasteiger partial charge in [-0.2, -0.15) is 0 Å². The third-order valence-corrected chi connectivity index (χ3v) is 3.46. The maximum Gasteiger partial charge on any atom is 0.305 e. The summed E-state index contributed by atoms with van der Waals surface area (Å²) in [5.74, 6) is -0.901. The summed E-state index contributed by atoms with van der Waals surface area (Å²) in [6, 6.07) is 12.8. The van der Waals surface area contributed by atoms with E-state index in [0.717, 1.165) is 22.3 Å². The van der Waals surface area contributed by atoms with Gasteiger partial charge in [-0.3, -0.25) is 4.79 Å². The molecule has 2 rings (SSSR count). The monoisotopic (exact) mass is 289 g/mol. The van der Waals surface area contributed by atoms with Crippen molar-refractivity contribution in [1.82, 2.24) is 0 Å². The van der Waals surface area contributed by atoms with Crippen LogP contribution in [0.15, 0.2) is 42.5 Å². The molecular weight excluding hydrogens is 274 g/mol. The lowest BCUT2D eigenvalue weighted by molar-refractivity contribution is -0.137. The molecule has 0 bridgehead atoms. The minimum atomic E-state index is -0.901. The van der Waals surface area contributed by atoms with Gasteiger partial charge in [0.05, 0.1) is 6.42 Å². The Balaban J connectivity index is 2.41. The van der Waals surface area contributed by atoms with Crippen LogP contribution in [0.1, 0.15) is 23.6 Å². The van der Waals surface area contributed by atoms with Crippen LogP contribution >= 0.6 is 11.6 Å². The van der Waals surface area contributed by atoms with Crippen LogP contribution in [0, 0.1) is 6.92 Å². The van der Waals surface area contributed by atoms with Crippen molar-refractivity contribution >= 4 is 17.6 Å². The van der Waals surface area contributed by atoms with Crippen LogP contribution in [-0.4, -0.2) is 11.1 Å². The maximum atomic E-state index is 10.8. The van der Waals surface area contributed by atoms with Crippen LogP contribution < -0.4 is 5.73 Å². The van der Waals surface area contributed by atoms with E-state index >= 15 is 0 Å². The van der Waals surface area contributed by atoms with Gasteiger partial charge < -0.3 is 10.8 Å². The van der Waals surface area contributed by atoms with E-state index < -0.39 is 12.0 Å². The van der Waals surface area contributed by atoms with Crippen molar-refractivity contribution in [1.29, 1.82) is 0 Å². The third kappa shape index (κ3) is 3.38. The summed E-state index contributed by atoms with van der Waals surface area (Å²) in [5, 5.41) is 9.49. The van der Waals surface area contributed by atoms with E-state index in [2.05, 4.69) is 0 Å². The van der Waals surface area contributed by atoms with Crippen LogP contribution in [0.2, 0.25) is 5.02 Å². The SMILES string of the molecule is Cc1ccc(C(N)CC(=O)O)cc1-c1cccc(Cl)c1. The van der Waals surface area contributed by atoms with Crippen LogP contribution in [0.3, 0.4) is 0 Å². The maximum absolute atomic E-state index is 10.8. The lowest BCUT2D eigenvalue weighted by Gasteiger charge is -2.13. The average molecular weight is 290 g/mol. The molecule has 4 heteroatoms. The fraction of sp³-hybridized carbons (Fsp3) is 0.188. The van der Waals surface area contributed by atoms with Gasteiger partial charge in [-0.25, -0.2) is 0 Å². The fourth-order valence-corrected chi connectivity index (χ4v) is 2.33. The first kappa shape index (κ1) is 14.6. The Hall–Kier alpha value is -1.84. The second kappa shape index (κ2) is 6.07. The summed E-state index contributed by atoms with van der Waals surface area (Å²) in [5.41, 5.74) is 9.84. The zero-order valence-corrected chi connectivity index (χ0v) is 11.9. The van der Waals surface area contributed by atoms with Gasteiger partial charge in [-0.15, -0.1) is 0 Å². The average Bonchev–Trinajstić information content (AvgIpc) is 2.38. The zero-order valence-electron chi connectivity index (χ0n) is 11.1. The van der Waals surface area contributed by atoms with Gasteiger partial charge in [0.15, 0.2) is 0 Å². The van der Waals surface area contributed by atoms with E-state index in [1.807, 2.05) is 49.4 Å². The molecule has 1 atom stereocenters. The van der Waals surface area contributed by atoms with Crippen molar-refractivity contribution in [3.8, 4) is 11.1 Å². The molecular formula is C16H16ClNO2. The lowest BCUT2D eigenvalue weighted by atomic mass is 9.95. The minimum Gasteiger partial charge on any atom is -0.481 e. The zero-order chi connectivity index (χ0) is 14.7. The number of carboxylic acids is 1. The number of benzene rings is 2. The molecule has 0 aliphatic rings. The molecule has 0 aliphatic heterocycles. The van der Waals surface area contributed by atoms with E-state index in [1.165, 1.54) is 0 Å². The first-order valence-corrected chi connectivity index (χ1v) is 6.69. The van der Waals surface area contributed by atoms with Gasteiger partial charge in [-0.05, 0) is 47.4 Å². The number of nitrogens with two attached hydrogens (primary N) is 1. The summed E-state index contributed by atoms with van der Waals surface area (Å²) >= 11 is 6.02. The second-order valence-corrected chi connectivity index (χ2v) is 5.23. The standard InChI is InChI=1S/C16H16ClNO2/c1-10-5-6-12(15(18)9-16(19)20)8-14(10)11-3-2-4-13(17)7-11/h2-8,15H,9,18H2,1H3,(H,19,20). The number of carbonyl (C=O) groups is 1. The highest BCUT2D eigenvalue weighted by atomic mass is 35.5. The Bertz CT molecular complexity index is 640. The molecule has 3 nitrogen and oxygen atoms in total. The summed E-state index contributed by atoms with van der Waals surface area (Å²) in [6.07, 6.45) is -0.0853. The highest BCUT2D eigenvalue weighted by Gasteiger charge is 2.12.